The highest BCUT2D eigenvalue weighted by Gasteiger charge is 1.94. The summed E-state index contributed by atoms with van der Waals surface area (Å²) in [5.74, 6) is -0.664. The van der Waals surface area contributed by atoms with Crippen molar-refractivity contribution in [2.24, 2.45) is 0 Å². The molecule has 15 heavy (non-hydrogen) atoms. The van der Waals surface area contributed by atoms with E-state index in [-0.39, 0.29) is 0 Å². The molecule has 1 N–H and O–H groups in total. The number of carbonyl (C=O) groups is 1. The summed E-state index contributed by atoms with van der Waals surface area (Å²) >= 11 is 0. The maximum absolute atomic E-state index is 10.5. The summed E-state index contributed by atoms with van der Waals surface area (Å²) in [6.07, 6.45) is 6.77. The minimum Gasteiger partial charge on any atom is -0.433 e. The SMILES string of the molecule is C=C(C=COC(=O)CO)CCC=C(C)C. The Morgan fingerprint density at radius 3 is 2.67 bits per heavy atom. The van der Waals surface area contributed by atoms with Crippen LogP contribution >= 0.6 is 0 Å². The van der Waals surface area contributed by atoms with Crippen LogP contribution in [0.4, 0.5) is 0 Å². The Balaban J connectivity index is 3.74. The predicted octanol–water partition coefficient (Wildman–Crippen LogP) is 2.34. The Kier molecular flexibility index (Phi) is 7.28. The van der Waals surface area contributed by atoms with E-state index in [0.717, 1.165) is 18.4 Å². The minimum atomic E-state index is -0.664. The molecule has 0 atom stereocenters. The number of carbonyl (C=O) groups excluding carboxylic acids is 1. The van der Waals surface area contributed by atoms with Crippen LogP contribution in [0.5, 0.6) is 0 Å². The van der Waals surface area contributed by atoms with Gasteiger partial charge in [0.2, 0.25) is 0 Å². The van der Waals surface area contributed by atoms with Crippen molar-refractivity contribution in [3.05, 3.63) is 36.1 Å². The van der Waals surface area contributed by atoms with E-state index in [4.69, 9.17) is 5.11 Å². The summed E-state index contributed by atoms with van der Waals surface area (Å²) in [5.41, 5.74) is 2.16. The van der Waals surface area contributed by atoms with Crippen molar-refractivity contribution in [2.75, 3.05) is 6.61 Å². The van der Waals surface area contributed by atoms with Crippen LogP contribution in [-0.4, -0.2) is 17.7 Å². The molecular formula is C12H18O3. The number of aliphatic hydroxyl groups is 1. The van der Waals surface area contributed by atoms with Crippen molar-refractivity contribution in [1.82, 2.24) is 0 Å². The summed E-state index contributed by atoms with van der Waals surface area (Å²) in [5, 5.41) is 8.36. The van der Waals surface area contributed by atoms with Gasteiger partial charge in [-0.15, -0.1) is 0 Å². The Bertz CT molecular complexity index is 271. The molecule has 0 aromatic heterocycles. The molecule has 0 amide bonds. The van der Waals surface area contributed by atoms with E-state index in [1.807, 2.05) is 13.8 Å². The fraction of sp³-hybridized carbons (Fsp3) is 0.417. The quantitative estimate of drug-likeness (QED) is 0.317. The van der Waals surface area contributed by atoms with E-state index < -0.39 is 12.6 Å². The molecule has 0 spiro atoms. The van der Waals surface area contributed by atoms with Crippen LogP contribution in [0.15, 0.2) is 36.1 Å². The largest absolute Gasteiger partial charge is 0.433 e. The van der Waals surface area contributed by atoms with E-state index in [1.165, 1.54) is 11.8 Å². The summed E-state index contributed by atoms with van der Waals surface area (Å²) in [7, 11) is 0. The molecular weight excluding hydrogens is 192 g/mol. The van der Waals surface area contributed by atoms with Gasteiger partial charge < -0.3 is 9.84 Å². The number of ether oxygens (including phenoxy) is 1. The Labute approximate surface area is 90.8 Å². The predicted molar refractivity (Wildman–Crippen MR) is 60.1 cm³/mol. The first-order chi connectivity index (χ1) is 7.06. The molecule has 3 heteroatoms. The maximum atomic E-state index is 10.5. The summed E-state index contributed by atoms with van der Waals surface area (Å²) in [6.45, 7) is 7.29. The van der Waals surface area contributed by atoms with Crippen LogP contribution < -0.4 is 0 Å². The number of aliphatic hydroxyl groups excluding tert-OH is 1. The van der Waals surface area contributed by atoms with Crippen LogP contribution in [0, 0.1) is 0 Å². The monoisotopic (exact) mass is 210 g/mol. The molecule has 0 aliphatic heterocycles. The van der Waals surface area contributed by atoms with Crippen molar-refractivity contribution in [3.8, 4) is 0 Å². The van der Waals surface area contributed by atoms with E-state index in [9.17, 15) is 4.79 Å². The number of rotatable bonds is 6. The minimum absolute atomic E-state index is 0.603. The fourth-order valence-corrected chi connectivity index (χ4v) is 0.873. The Morgan fingerprint density at radius 2 is 2.13 bits per heavy atom. The third-order valence-corrected chi connectivity index (χ3v) is 1.65. The smallest absolute Gasteiger partial charge is 0.336 e. The third kappa shape index (κ3) is 8.97. The molecule has 0 saturated heterocycles. The first-order valence-corrected chi connectivity index (χ1v) is 4.84. The molecule has 0 saturated carbocycles. The van der Waals surface area contributed by atoms with Gasteiger partial charge in [-0.3, -0.25) is 0 Å². The van der Waals surface area contributed by atoms with Gasteiger partial charge in [-0.2, -0.15) is 0 Å². The van der Waals surface area contributed by atoms with Crippen LogP contribution in [0.25, 0.3) is 0 Å². The topological polar surface area (TPSA) is 46.5 Å². The number of allylic oxidation sites excluding steroid dienone is 4. The first-order valence-electron chi connectivity index (χ1n) is 4.84. The zero-order chi connectivity index (χ0) is 11.7. The van der Waals surface area contributed by atoms with Gasteiger partial charge >= 0.3 is 5.97 Å². The average molecular weight is 210 g/mol. The summed E-state index contributed by atoms with van der Waals surface area (Å²) < 4.78 is 4.54. The number of esters is 1. The van der Waals surface area contributed by atoms with Crippen molar-refractivity contribution >= 4 is 5.97 Å². The number of hydrogen-bond donors (Lipinski definition) is 1. The highest BCUT2D eigenvalue weighted by Crippen LogP contribution is 2.06. The lowest BCUT2D eigenvalue weighted by atomic mass is 10.1. The molecule has 0 radical (unpaired) electrons. The van der Waals surface area contributed by atoms with Crippen LogP contribution in [0.3, 0.4) is 0 Å². The highest BCUT2D eigenvalue weighted by molar-refractivity contribution is 5.70. The second-order valence-electron chi connectivity index (χ2n) is 3.43. The first kappa shape index (κ1) is 13.7. The van der Waals surface area contributed by atoms with Crippen LogP contribution in [0.2, 0.25) is 0 Å². The van der Waals surface area contributed by atoms with E-state index in [1.54, 1.807) is 6.08 Å². The molecule has 0 bridgehead atoms. The van der Waals surface area contributed by atoms with Gasteiger partial charge in [0.05, 0.1) is 6.26 Å². The van der Waals surface area contributed by atoms with E-state index in [2.05, 4.69) is 17.4 Å². The third-order valence-electron chi connectivity index (χ3n) is 1.65. The van der Waals surface area contributed by atoms with E-state index >= 15 is 0 Å². The molecule has 0 aromatic rings. The average Bonchev–Trinajstić information content (AvgIpc) is 2.17. The van der Waals surface area contributed by atoms with Gasteiger partial charge in [0, 0.05) is 0 Å². The molecule has 3 nitrogen and oxygen atoms in total. The van der Waals surface area contributed by atoms with Gasteiger partial charge in [0.1, 0.15) is 6.61 Å². The van der Waals surface area contributed by atoms with Crippen molar-refractivity contribution in [2.45, 2.75) is 26.7 Å². The van der Waals surface area contributed by atoms with Crippen LogP contribution in [0.1, 0.15) is 26.7 Å². The lowest BCUT2D eigenvalue weighted by Crippen LogP contribution is -2.04. The molecule has 0 heterocycles. The highest BCUT2D eigenvalue weighted by atomic mass is 16.5. The van der Waals surface area contributed by atoms with Gasteiger partial charge in [-0.1, -0.05) is 23.8 Å². The molecule has 0 aromatic carbocycles. The van der Waals surface area contributed by atoms with E-state index in [0.29, 0.717) is 0 Å². The molecule has 0 rings (SSSR count). The second-order valence-corrected chi connectivity index (χ2v) is 3.43. The van der Waals surface area contributed by atoms with Gasteiger partial charge in [-0.05, 0) is 32.8 Å². The molecule has 0 fully saturated rings. The maximum Gasteiger partial charge on any atom is 0.336 e. The lowest BCUT2D eigenvalue weighted by molar-refractivity contribution is -0.141. The van der Waals surface area contributed by atoms with Crippen LogP contribution in [-0.2, 0) is 9.53 Å². The van der Waals surface area contributed by atoms with Gasteiger partial charge in [-0.25, -0.2) is 4.79 Å². The standard InChI is InChI=1S/C12H18O3/c1-10(2)5-4-6-11(3)7-8-15-12(14)9-13/h5,7-8,13H,3-4,6,9H2,1-2H3. The summed E-state index contributed by atoms with van der Waals surface area (Å²) in [6, 6.07) is 0. The molecule has 0 unspecified atom stereocenters. The molecule has 0 aliphatic carbocycles. The lowest BCUT2D eigenvalue weighted by Gasteiger charge is -1.97. The Hall–Kier alpha value is -1.35. The van der Waals surface area contributed by atoms with Gasteiger partial charge in [0.25, 0.3) is 0 Å². The zero-order valence-corrected chi connectivity index (χ0v) is 9.32. The molecule has 0 aliphatic rings. The summed E-state index contributed by atoms with van der Waals surface area (Å²) in [4.78, 5) is 10.5. The molecule has 84 valence electrons. The fourth-order valence-electron chi connectivity index (χ4n) is 0.873. The number of hydrogen-bond acceptors (Lipinski definition) is 3. The second kappa shape index (κ2) is 8.00. The van der Waals surface area contributed by atoms with Crippen molar-refractivity contribution in [1.29, 1.82) is 0 Å². The van der Waals surface area contributed by atoms with Crippen molar-refractivity contribution in [3.63, 3.8) is 0 Å². The zero-order valence-electron chi connectivity index (χ0n) is 9.32. The van der Waals surface area contributed by atoms with Gasteiger partial charge in [0.15, 0.2) is 0 Å². The van der Waals surface area contributed by atoms with Crippen molar-refractivity contribution < 1.29 is 14.6 Å². The Morgan fingerprint density at radius 1 is 1.47 bits per heavy atom. The normalized spacial score (nSPS) is 10.1.